The number of rotatable bonds is 1. The Morgan fingerprint density at radius 3 is 2.88 bits per heavy atom. The lowest BCUT2D eigenvalue weighted by atomic mass is 9.96. The molecule has 2 heterocycles. The van der Waals surface area contributed by atoms with E-state index < -0.39 is 0 Å². The van der Waals surface area contributed by atoms with Crippen molar-refractivity contribution < 1.29 is 0 Å². The molecule has 17 heavy (non-hydrogen) atoms. The Bertz CT molecular complexity index is 499. The van der Waals surface area contributed by atoms with E-state index in [0.29, 0.717) is 5.92 Å². The Hall–Kier alpha value is -0.800. The van der Waals surface area contributed by atoms with E-state index in [4.69, 9.17) is 0 Å². The molecule has 3 heteroatoms. The number of benzene rings is 1. The summed E-state index contributed by atoms with van der Waals surface area (Å²) in [5, 5.41) is 4.83. The van der Waals surface area contributed by atoms with Crippen LogP contribution in [0.1, 0.15) is 24.5 Å². The maximum Gasteiger partial charge on any atom is 0.0491 e. The molecule has 1 unspecified atom stereocenters. The summed E-state index contributed by atoms with van der Waals surface area (Å²) in [6.45, 7) is 2.26. The van der Waals surface area contributed by atoms with Crippen LogP contribution < -0.4 is 5.32 Å². The van der Waals surface area contributed by atoms with E-state index in [9.17, 15) is 0 Å². The second kappa shape index (κ2) is 4.46. The number of hydrogen-bond donors (Lipinski definition) is 1. The number of hydrogen-bond acceptors (Lipinski definition) is 1. The molecule has 1 aromatic heterocycles. The molecule has 1 N–H and O–H groups in total. The highest BCUT2D eigenvalue weighted by Gasteiger charge is 2.22. The van der Waals surface area contributed by atoms with Gasteiger partial charge in [0.15, 0.2) is 0 Å². The molecule has 1 aromatic carbocycles. The molecule has 1 atom stereocenters. The summed E-state index contributed by atoms with van der Waals surface area (Å²) < 4.78 is 3.63. The average Bonchev–Trinajstić information content (AvgIpc) is 2.64. The van der Waals surface area contributed by atoms with Gasteiger partial charge < -0.3 is 9.88 Å². The first-order chi connectivity index (χ1) is 8.29. The SMILES string of the molecule is Cn1c(C2CCCNC2)c(Br)c2ccccc21. The van der Waals surface area contributed by atoms with Crippen LogP contribution in [-0.4, -0.2) is 17.7 Å². The van der Waals surface area contributed by atoms with Gasteiger partial charge >= 0.3 is 0 Å². The van der Waals surface area contributed by atoms with Crippen molar-refractivity contribution in [2.75, 3.05) is 13.1 Å². The second-order valence-corrected chi connectivity index (χ2v) is 5.61. The zero-order valence-corrected chi connectivity index (χ0v) is 11.6. The van der Waals surface area contributed by atoms with Gasteiger partial charge in [0, 0.05) is 40.6 Å². The quantitative estimate of drug-likeness (QED) is 0.852. The number of nitrogens with zero attached hydrogens (tertiary/aromatic N) is 1. The monoisotopic (exact) mass is 292 g/mol. The van der Waals surface area contributed by atoms with Crippen molar-refractivity contribution in [3.05, 3.63) is 34.4 Å². The van der Waals surface area contributed by atoms with Gasteiger partial charge in [-0.15, -0.1) is 0 Å². The van der Waals surface area contributed by atoms with Crippen LogP contribution >= 0.6 is 15.9 Å². The van der Waals surface area contributed by atoms with Crippen LogP contribution in [0, 0.1) is 0 Å². The smallest absolute Gasteiger partial charge is 0.0491 e. The van der Waals surface area contributed by atoms with Crippen molar-refractivity contribution in [1.82, 2.24) is 9.88 Å². The van der Waals surface area contributed by atoms with Crippen molar-refractivity contribution in [1.29, 1.82) is 0 Å². The topological polar surface area (TPSA) is 17.0 Å². The van der Waals surface area contributed by atoms with E-state index in [1.807, 2.05) is 0 Å². The first-order valence-electron chi connectivity index (χ1n) is 6.22. The number of piperidine rings is 1. The zero-order chi connectivity index (χ0) is 11.8. The van der Waals surface area contributed by atoms with Crippen molar-refractivity contribution in [3.63, 3.8) is 0 Å². The molecular weight excluding hydrogens is 276 g/mol. The minimum absolute atomic E-state index is 0.635. The third-order valence-electron chi connectivity index (χ3n) is 3.77. The van der Waals surface area contributed by atoms with E-state index >= 15 is 0 Å². The fraction of sp³-hybridized carbons (Fsp3) is 0.429. The highest BCUT2D eigenvalue weighted by atomic mass is 79.9. The molecule has 0 amide bonds. The summed E-state index contributed by atoms with van der Waals surface area (Å²) in [5.74, 6) is 0.635. The lowest BCUT2D eigenvalue weighted by molar-refractivity contribution is 0.447. The Labute approximate surface area is 110 Å². The summed E-state index contributed by atoms with van der Waals surface area (Å²) in [7, 11) is 2.18. The largest absolute Gasteiger partial charge is 0.346 e. The van der Waals surface area contributed by atoms with Crippen LogP contribution in [-0.2, 0) is 7.05 Å². The normalized spacial score (nSPS) is 20.9. The molecule has 2 nitrogen and oxygen atoms in total. The van der Waals surface area contributed by atoms with Crippen molar-refractivity contribution in [2.24, 2.45) is 7.05 Å². The van der Waals surface area contributed by atoms with Gasteiger partial charge in [0.25, 0.3) is 0 Å². The third kappa shape index (κ3) is 1.81. The van der Waals surface area contributed by atoms with Crippen molar-refractivity contribution in [2.45, 2.75) is 18.8 Å². The predicted octanol–water partition coefficient (Wildman–Crippen LogP) is 3.41. The second-order valence-electron chi connectivity index (χ2n) is 4.82. The minimum Gasteiger partial charge on any atom is -0.346 e. The number of halogens is 1. The maximum atomic E-state index is 3.79. The fourth-order valence-electron chi connectivity index (χ4n) is 2.90. The van der Waals surface area contributed by atoms with Gasteiger partial charge in [-0.05, 0) is 41.4 Å². The number of aryl methyl sites for hydroxylation is 1. The molecule has 2 aromatic rings. The number of para-hydroxylation sites is 1. The van der Waals surface area contributed by atoms with Crippen LogP contribution in [0.2, 0.25) is 0 Å². The summed E-state index contributed by atoms with van der Waals surface area (Å²) in [4.78, 5) is 0. The van der Waals surface area contributed by atoms with Gasteiger partial charge in [-0.3, -0.25) is 0 Å². The summed E-state index contributed by atoms with van der Waals surface area (Å²) in [6.07, 6.45) is 2.56. The fourth-order valence-corrected chi connectivity index (χ4v) is 3.83. The summed E-state index contributed by atoms with van der Waals surface area (Å²) in [5.41, 5.74) is 2.76. The van der Waals surface area contributed by atoms with Crippen LogP contribution in [0.4, 0.5) is 0 Å². The first kappa shape index (κ1) is 11.3. The number of nitrogens with one attached hydrogen (secondary N) is 1. The van der Waals surface area contributed by atoms with Gasteiger partial charge in [-0.2, -0.15) is 0 Å². The molecule has 1 saturated heterocycles. The van der Waals surface area contributed by atoms with Gasteiger partial charge in [-0.1, -0.05) is 18.2 Å². The van der Waals surface area contributed by atoms with E-state index in [-0.39, 0.29) is 0 Å². The Morgan fingerprint density at radius 1 is 1.35 bits per heavy atom. The van der Waals surface area contributed by atoms with Crippen LogP contribution in [0.3, 0.4) is 0 Å². The van der Waals surface area contributed by atoms with Gasteiger partial charge in [-0.25, -0.2) is 0 Å². The molecule has 0 aliphatic carbocycles. The van der Waals surface area contributed by atoms with E-state index in [2.05, 4.69) is 57.1 Å². The molecule has 3 rings (SSSR count). The van der Waals surface area contributed by atoms with Crippen molar-refractivity contribution in [3.8, 4) is 0 Å². The molecule has 0 spiro atoms. The number of aromatic nitrogens is 1. The molecule has 0 saturated carbocycles. The molecule has 0 radical (unpaired) electrons. The first-order valence-corrected chi connectivity index (χ1v) is 7.02. The molecule has 1 fully saturated rings. The zero-order valence-electron chi connectivity index (χ0n) is 10.0. The van der Waals surface area contributed by atoms with Gasteiger partial charge in [0.05, 0.1) is 0 Å². The van der Waals surface area contributed by atoms with E-state index in [1.165, 1.54) is 33.9 Å². The standard InChI is InChI=1S/C14H17BrN2/c1-17-12-7-3-2-6-11(12)13(15)14(17)10-5-4-8-16-9-10/h2-3,6-7,10,16H,4-5,8-9H2,1H3. The molecule has 1 aliphatic rings. The predicted molar refractivity (Wildman–Crippen MR) is 75.5 cm³/mol. The highest BCUT2D eigenvalue weighted by molar-refractivity contribution is 9.10. The lowest BCUT2D eigenvalue weighted by Gasteiger charge is -2.24. The van der Waals surface area contributed by atoms with E-state index in [0.717, 1.165) is 13.1 Å². The molecule has 90 valence electrons. The Balaban J connectivity index is 2.15. The molecule has 0 bridgehead atoms. The minimum atomic E-state index is 0.635. The Kier molecular flexibility index (Phi) is 2.97. The van der Waals surface area contributed by atoms with Gasteiger partial charge in [0.1, 0.15) is 0 Å². The third-order valence-corrected chi connectivity index (χ3v) is 4.61. The Morgan fingerprint density at radius 2 is 2.18 bits per heavy atom. The van der Waals surface area contributed by atoms with Gasteiger partial charge in [0.2, 0.25) is 0 Å². The van der Waals surface area contributed by atoms with Crippen LogP contribution in [0.25, 0.3) is 10.9 Å². The highest BCUT2D eigenvalue weighted by Crippen LogP contribution is 2.36. The van der Waals surface area contributed by atoms with E-state index in [1.54, 1.807) is 0 Å². The molecule has 1 aliphatic heterocycles. The van der Waals surface area contributed by atoms with Crippen molar-refractivity contribution >= 4 is 26.8 Å². The van der Waals surface area contributed by atoms with Crippen LogP contribution in [0.5, 0.6) is 0 Å². The van der Waals surface area contributed by atoms with Crippen LogP contribution in [0.15, 0.2) is 28.7 Å². The number of fused-ring (bicyclic) bond motifs is 1. The summed E-state index contributed by atoms with van der Waals surface area (Å²) >= 11 is 3.79. The lowest BCUT2D eigenvalue weighted by Crippen LogP contribution is -2.29. The summed E-state index contributed by atoms with van der Waals surface area (Å²) in [6, 6.07) is 8.60. The molecular formula is C14H17BrN2. The average molecular weight is 293 g/mol. The maximum absolute atomic E-state index is 3.79.